The summed E-state index contributed by atoms with van der Waals surface area (Å²) in [5.41, 5.74) is 0.616. The fraction of sp³-hybridized carbons (Fsp3) is 0.417. The maximum Gasteiger partial charge on any atom is 0.321 e. The summed E-state index contributed by atoms with van der Waals surface area (Å²) >= 11 is 11.8. The van der Waals surface area contributed by atoms with E-state index in [2.05, 4.69) is 10.6 Å². The van der Waals surface area contributed by atoms with Crippen LogP contribution in [0.3, 0.4) is 0 Å². The van der Waals surface area contributed by atoms with Crippen molar-refractivity contribution in [1.82, 2.24) is 10.2 Å². The second-order valence-electron chi connectivity index (χ2n) is 4.31. The van der Waals surface area contributed by atoms with Crippen LogP contribution in [0.15, 0.2) is 18.2 Å². The summed E-state index contributed by atoms with van der Waals surface area (Å²) in [5, 5.41) is 6.98. The van der Waals surface area contributed by atoms with Gasteiger partial charge in [-0.05, 0) is 31.7 Å². The smallest absolute Gasteiger partial charge is 0.321 e. The molecule has 0 saturated carbocycles. The summed E-state index contributed by atoms with van der Waals surface area (Å²) in [4.78, 5) is 13.8. The Morgan fingerprint density at radius 3 is 2.56 bits per heavy atom. The van der Waals surface area contributed by atoms with Gasteiger partial charge >= 0.3 is 6.03 Å². The van der Waals surface area contributed by atoms with E-state index in [1.54, 1.807) is 23.1 Å². The lowest BCUT2D eigenvalue weighted by Gasteiger charge is -2.17. The Balaban J connectivity index is 1.99. The molecule has 98 valence electrons. The molecule has 0 spiro atoms. The number of nitrogens with one attached hydrogen (secondary N) is 2. The number of benzene rings is 1. The molecule has 1 saturated heterocycles. The van der Waals surface area contributed by atoms with Crippen LogP contribution in [0, 0.1) is 0 Å². The molecule has 1 heterocycles. The first-order valence-corrected chi connectivity index (χ1v) is 6.53. The van der Waals surface area contributed by atoms with Gasteiger partial charge in [0.2, 0.25) is 0 Å². The summed E-state index contributed by atoms with van der Waals surface area (Å²) in [6.45, 7) is 1.47. The van der Waals surface area contributed by atoms with Gasteiger partial charge in [0.1, 0.15) is 0 Å². The average Bonchev–Trinajstić information content (AvgIpc) is 2.75. The minimum atomic E-state index is -0.119. The molecule has 2 N–H and O–H groups in total. The zero-order valence-corrected chi connectivity index (χ0v) is 11.6. The van der Waals surface area contributed by atoms with Crippen molar-refractivity contribution in [3.8, 4) is 0 Å². The molecular weight excluding hydrogens is 273 g/mol. The van der Waals surface area contributed by atoms with Crippen molar-refractivity contribution in [2.24, 2.45) is 0 Å². The number of rotatable bonds is 2. The van der Waals surface area contributed by atoms with E-state index < -0.39 is 0 Å². The van der Waals surface area contributed by atoms with Crippen LogP contribution in [0.4, 0.5) is 10.5 Å². The summed E-state index contributed by atoms with van der Waals surface area (Å²) < 4.78 is 0. The van der Waals surface area contributed by atoms with Crippen molar-refractivity contribution in [2.75, 3.05) is 25.5 Å². The number of amides is 2. The number of urea groups is 1. The number of anilines is 1. The third kappa shape index (κ3) is 3.28. The van der Waals surface area contributed by atoms with Gasteiger partial charge in [0.15, 0.2) is 0 Å². The van der Waals surface area contributed by atoms with Gasteiger partial charge in [0.05, 0.1) is 0 Å². The van der Waals surface area contributed by atoms with Gasteiger partial charge in [-0.1, -0.05) is 23.2 Å². The Morgan fingerprint density at radius 2 is 2.00 bits per heavy atom. The number of likely N-dealkylation sites (N-methyl/N-ethyl adjacent to an activating group) is 1. The number of nitrogens with zero attached hydrogens (tertiary/aromatic N) is 1. The van der Waals surface area contributed by atoms with Gasteiger partial charge in [-0.3, -0.25) is 0 Å². The van der Waals surface area contributed by atoms with Crippen LogP contribution in [-0.4, -0.2) is 37.1 Å². The first-order valence-electron chi connectivity index (χ1n) is 5.78. The van der Waals surface area contributed by atoms with Crippen LogP contribution in [0.5, 0.6) is 0 Å². The predicted molar refractivity (Wildman–Crippen MR) is 74.5 cm³/mol. The van der Waals surface area contributed by atoms with Crippen LogP contribution in [0.2, 0.25) is 10.0 Å². The average molecular weight is 288 g/mol. The van der Waals surface area contributed by atoms with E-state index in [1.807, 2.05) is 7.05 Å². The molecule has 1 aromatic carbocycles. The Hall–Kier alpha value is -0.970. The van der Waals surface area contributed by atoms with Crippen LogP contribution in [-0.2, 0) is 0 Å². The molecule has 0 aliphatic carbocycles. The maximum absolute atomic E-state index is 12.0. The monoisotopic (exact) mass is 287 g/mol. The topological polar surface area (TPSA) is 44.4 Å². The summed E-state index contributed by atoms with van der Waals surface area (Å²) in [5.74, 6) is 0. The number of halogens is 2. The van der Waals surface area contributed by atoms with Gasteiger partial charge in [-0.15, -0.1) is 0 Å². The highest BCUT2D eigenvalue weighted by Gasteiger charge is 2.24. The summed E-state index contributed by atoms with van der Waals surface area (Å²) in [6.07, 6.45) is 0.972. The molecule has 2 amide bonds. The van der Waals surface area contributed by atoms with Crippen LogP contribution < -0.4 is 10.6 Å². The van der Waals surface area contributed by atoms with Crippen molar-refractivity contribution in [2.45, 2.75) is 12.5 Å². The van der Waals surface area contributed by atoms with E-state index in [9.17, 15) is 4.79 Å². The minimum absolute atomic E-state index is 0.119. The Kier molecular flexibility index (Phi) is 4.32. The Labute approximate surface area is 116 Å². The van der Waals surface area contributed by atoms with E-state index in [1.165, 1.54) is 0 Å². The molecule has 0 radical (unpaired) electrons. The third-order valence-corrected chi connectivity index (χ3v) is 3.43. The van der Waals surface area contributed by atoms with Gasteiger partial charge in [0.25, 0.3) is 0 Å². The first-order chi connectivity index (χ1) is 8.58. The van der Waals surface area contributed by atoms with Crippen molar-refractivity contribution in [3.05, 3.63) is 28.2 Å². The van der Waals surface area contributed by atoms with E-state index in [-0.39, 0.29) is 6.03 Å². The van der Waals surface area contributed by atoms with Crippen molar-refractivity contribution in [3.63, 3.8) is 0 Å². The fourth-order valence-corrected chi connectivity index (χ4v) is 2.53. The molecule has 6 heteroatoms. The number of hydrogen-bond acceptors (Lipinski definition) is 2. The highest BCUT2D eigenvalue weighted by atomic mass is 35.5. The highest BCUT2D eigenvalue weighted by molar-refractivity contribution is 6.35. The van der Waals surface area contributed by atoms with Gasteiger partial charge < -0.3 is 15.5 Å². The molecule has 1 aromatic rings. The molecule has 0 aromatic heterocycles. The SMILES string of the molecule is CNC1CCN(C(=O)Nc2cc(Cl)cc(Cl)c2)C1. The van der Waals surface area contributed by atoms with Gasteiger partial charge in [0, 0.05) is 34.9 Å². The molecule has 1 aliphatic rings. The van der Waals surface area contributed by atoms with Crippen LogP contribution >= 0.6 is 23.2 Å². The molecule has 1 atom stereocenters. The highest BCUT2D eigenvalue weighted by Crippen LogP contribution is 2.23. The molecule has 1 fully saturated rings. The molecule has 1 aliphatic heterocycles. The lowest BCUT2D eigenvalue weighted by molar-refractivity contribution is 0.221. The predicted octanol–water partition coefficient (Wildman–Crippen LogP) is 2.82. The second kappa shape index (κ2) is 5.78. The molecule has 18 heavy (non-hydrogen) atoms. The lowest BCUT2D eigenvalue weighted by atomic mass is 10.3. The normalized spacial score (nSPS) is 19.1. The number of carbonyl (C=O) groups excluding carboxylic acids is 1. The zero-order valence-electron chi connectivity index (χ0n) is 10.0. The summed E-state index contributed by atoms with van der Waals surface area (Å²) in [7, 11) is 1.91. The van der Waals surface area contributed by atoms with E-state index in [0.29, 0.717) is 21.8 Å². The van der Waals surface area contributed by atoms with Crippen molar-refractivity contribution < 1.29 is 4.79 Å². The van der Waals surface area contributed by atoms with Crippen LogP contribution in [0.25, 0.3) is 0 Å². The van der Waals surface area contributed by atoms with Crippen molar-refractivity contribution >= 4 is 34.9 Å². The number of likely N-dealkylation sites (tertiary alicyclic amines) is 1. The number of carbonyl (C=O) groups is 1. The standard InChI is InChI=1S/C12H15Cl2N3O/c1-15-10-2-3-17(7-10)12(18)16-11-5-8(13)4-9(14)6-11/h4-6,10,15H,2-3,7H2,1H3,(H,16,18). The molecule has 4 nitrogen and oxygen atoms in total. The second-order valence-corrected chi connectivity index (χ2v) is 5.18. The lowest BCUT2D eigenvalue weighted by Crippen LogP contribution is -2.36. The first kappa shape index (κ1) is 13.5. The molecule has 2 rings (SSSR count). The quantitative estimate of drug-likeness (QED) is 0.879. The Bertz CT molecular complexity index is 433. The summed E-state index contributed by atoms with van der Waals surface area (Å²) in [6, 6.07) is 5.24. The van der Waals surface area contributed by atoms with Gasteiger partial charge in [-0.25, -0.2) is 4.79 Å². The molecule has 1 unspecified atom stereocenters. The van der Waals surface area contributed by atoms with E-state index in [4.69, 9.17) is 23.2 Å². The van der Waals surface area contributed by atoms with E-state index in [0.717, 1.165) is 19.5 Å². The zero-order chi connectivity index (χ0) is 13.1. The minimum Gasteiger partial charge on any atom is -0.323 e. The van der Waals surface area contributed by atoms with Gasteiger partial charge in [-0.2, -0.15) is 0 Å². The van der Waals surface area contributed by atoms with Crippen LogP contribution in [0.1, 0.15) is 6.42 Å². The van der Waals surface area contributed by atoms with Crippen molar-refractivity contribution in [1.29, 1.82) is 0 Å². The molecular formula is C12H15Cl2N3O. The Morgan fingerprint density at radius 1 is 1.33 bits per heavy atom. The molecule has 0 bridgehead atoms. The fourth-order valence-electron chi connectivity index (χ4n) is 2.01. The number of hydrogen-bond donors (Lipinski definition) is 2. The largest absolute Gasteiger partial charge is 0.323 e. The van der Waals surface area contributed by atoms with E-state index >= 15 is 0 Å². The third-order valence-electron chi connectivity index (χ3n) is 3.00. The maximum atomic E-state index is 12.0.